The van der Waals surface area contributed by atoms with Crippen molar-refractivity contribution in [1.82, 2.24) is 0 Å². The summed E-state index contributed by atoms with van der Waals surface area (Å²) in [4.78, 5) is 13.7. The van der Waals surface area contributed by atoms with Gasteiger partial charge in [-0.15, -0.1) is 0 Å². The number of carbonyl (C=O) groups excluding carboxylic acids is 1. The SMILES string of the molecule is CCCCc1oc2ccc(NS(C)(=O)=O)cc2c1C(=O)c1ccc(OCCCOS(=O)(=O)c2ccc(C)cc2)cc1. The predicted molar refractivity (Wildman–Crippen MR) is 158 cm³/mol. The first-order chi connectivity index (χ1) is 19.5. The molecule has 11 heteroatoms. The molecule has 1 aromatic heterocycles. The Balaban J connectivity index is 1.42. The summed E-state index contributed by atoms with van der Waals surface area (Å²) in [6, 6.07) is 17.9. The molecule has 1 N–H and O–H groups in total. The van der Waals surface area contributed by atoms with E-state index < -0.39 is 20.1 Å². The highest BCUT2D eigenvalue weighted by atomic mass is 32.2. The molecule has 0 saturated carbocycles. The van der Waals surface area contributed by atoms with Gasteiger partial charge in [-0.25, -0.2) is 8.42 Å². The molecule has 0 amide bonds. The van der Waals surface area contributed by atoms with Gasteiger partial charge in [-0.1, -0.05) is 31.0 Å². The van der Waals surface area contributed by atoms with Crippen molar-refractivity contribution in [2.24, 2.45) is 0 Å². The van der Waals surface area contributed by atoms with E-state index in [1.54, 1.807) is 54.6 Å². The highest BCUT2D eigenvalue weighted by Gasteiger charge is 2.23. The molecule has 0 aliphatic heterocycles. The third-order valence-corrected chi connectivity index (χ3v) is 8.20. The first-order valence-corrected chi connectivity index (χ1v) is 16.5. The molecular formula is C30H33NO8S2. The smallest absolute Gasteiger partial charge is 0.296 e. The second-order valence-electron chi connectivity index (χ2n) is 9.73. The van der Waals surface area contributed by atoms with E-state index in [2.05, 4.69) is 4.72 Å². The van der Waals surface area contributed by atoms with Gasteiger partial charge in [0.15, 0.2) is 5.78 Å². The van der Waals surface area contributed by atoms with Gasteiger partial charge < -0.3 is 9.15 Å². The van der Waals surface area contributed by atoms with E-state index in [9.17, 15) is 21.6 Å². The molecule has 1 heterocycles. The first kappa shape index (κ1) is 30.3. The minimum absolute atomic E-state index is 0.0307. The Hall–Kier alpha value is -3.67. The van der Waals surface area contributed by atoms with Crippen molar-refractivity contribution < 1.29 is 35.0 Å². The number of nitrogens with one attached hydrogen (secondary N) is 1. The summed E-state index contributed by atoms with van der Waals surface area (Å²) in [7, 11) is -7.32. The Morgan fingerprint density at radius 1 is 0.902 bits per heavy atom. The van der Waals surface area contributed by atoms with Crippen molar-refractivity contribution in [1.29, 1.82) is 0 Å². The van der Waals surface area contributed by atoms with Crippen LogP contribution in [0.1, 0.15) is 53.4 Å². The molecule has 0 atom stereocenters. The van der Waals surface area contributed by atoms with Crippen LogP contribution in [-0.2, 0) is 30.7 Å². The second-order valence-corrected chi connectivity index (χ2v) is 13.1. The number of fused-ring (bicyclic) bond motifs is 1. The zero-order chi connectivity index (χ0) is 29.6. The monoisotopic (exact) mass is 599 g/mol. The standard InChI is InChI=1S/C30H33NO8S2/c1-4-5-7-28-29(26-20-23(31-40(3,33)34)12-17-27(26)39-28)30(32)22-10-13-24(14-11-22)37-18-6-19-38-41(35,36)25-15-8-21(2)9-16-25/h8-17,20,31H,4-7,18-19H2,1-3H3. The molecule has 0 aliphatic carbocycles. The summed E-state index contributed by atoms with van der Waals surface area (Å²) in [6.45, 7) is 4.11. The third kappa shape index (κ3) is 7.96. The second kappa shape index (κ2) is 12.9. The van der Waals surface area contributed by atoms with Gasteiger partial charge in [0.1, 0.15) is 17.1 Å². The van der Waals surface area contributed by atoms with Gasteiger partial charge in [-0.3, -0.25) is 13.7 Å². The van der Waals surface area contributed by atoms with Gasteiger partial charge in [0.2, 0.25) is 10.0 Å². The Morgan fingerprint density at radius 3 is 2.27 bits per heavy atom. The fraction of sp³-hybridized carbons (Fsp3) is 0.300. The summed E-state index contributed by atoms with van der Waals surface area (Å²) in [5, 5.41) is 0.538. The zero-order valence-corrected chi connectivity index (χ0v) is 24.8. The molecule has 0 unspecified atom stereocenters. The number of furan rings is 1. The van der Waals surface area contributed by atoms with Crippen LogP contribution in [0, 0.1) is 6.92 Å². The van der Waals surface area contributed by atoms with E-state index in [4.69, 9.17) is 13.3 Å². The molecular weight excluding hydrogens is 566 g/mol. The maximum absolute atomic E-state index is 13.6. The lowest BCUT2D eigenvalue weighted by molar-refractivity contribution is 0.103. The number of hydrogen-bond donors (Lipinski definition) is 1. The molecule has 4 aromatic rings. The topological polar surface area (TPSA) is 129 Å². The largest absolute Gasteiger partial charge is 0.494 e. The Morgan fingerprint density at radius 2 is 1.61 bits per heavy atom. The molecule has 4 rings (SSSR count). The lowest BCUT2D eigenvalue weighted by atomic mass is 9.98. The number of rotatable bonds is 14. The molecule has 0 radical (unpaired) electrons. The predicted octanol–water partition coefficient (Wildman–Crippen LogP) is 5.86. The number of sulfonamides is 1. The number of ketones is 1. The third-order valence-electron chi connectivity index (χ3n) is 6.27. The van der Waals surface area contributed by atoms with Crippen molar-refractivity contribution >= 4 is 42.6 Å². The van der Waals surface area contributed by atoms with Crippen LogP contribution in [0.4, 0.5) is 5.69 Å². The molecule has 0 fully saturated rings. The first-order valence-electron chi connectivity index (χ1n) is 13.2. The van der Waals surface area contributed by atoms with E-state index in [1.807, 2.05) is 13.8 Å². The van der Waals surface area contributed by atoms with Gasteiger partial charge in [-0.2, -0.15) is 8.42 Å². The van der Waals surface area contributed by atoms with E-state index in [-0.39, 0.29) is 23.9 Å². The summed E-state index contributed by atoms with van der Waals surface area (Å²) in [6.07, 6.45) is 3.73. The Kier molecular flexibility index (Phi) is 9.52. The number of anilines is 1. The summed E-state index contributed by atoms with van der Waals surface area (Å²) >= 11 is 0. The van der Waals surface area contributed by atoms with Crippen LogP contribution in [0.3, 0.4) is 0 Å². The van der Waals surface area contributed by atoms with Crippen molar-refractivity contribution in [2.45, 2.75) is 44.4 Å². The van der Waals surface area contributed by atoms with Crippen molar-refractivity contribution in [2.75, 3.05) is 24.2 Å². The highest BCUT2D eigenvalue weighted by Crippen LogP contribution is 2.32. The van der Waals surface area contributed by atoms with Gasteiger partial charge in [0, 0.05) is 29.5 Å². The fourth-order valence-electron chi connectivity index (χ4n) is 4.23. The van der Waals surface area contributed by atoms with E-state index in [0.717, 1.165) is 24.7 Å². The van der Waals surface area contributed by atoms with Gasteiger partial charge in [0.05, 0.1) is 29.9 Å². The number of ether oxygens (including phenoxy) is 1. The van der Waals surface area contributed by atoms with E-state index in [1.165, 1.54) is 12.1 Å². The van der Waals surface area contributed by atoms with Crippen LogP contribution in [0.2, 0.25) is 0 Å². The molecule has 3 aromatic carbocycles. The fourth-order valence-corrected chi connectivity index (χ4v) is 5.72. The molecule has 9 nitrogen and oxygen atoms in total. The van der Waals surface area contributed by atoms with Crippen LogP contribution in [-0.4, -0.2) is 42.1 Å². The van der Waals surface area contributed by atoms with Crippen molar-refractivity contribution in [3.05, 3.63) is 89.2 Å². The average molecular weight is 600 g/mol. The Bertz CT molecular complexity index is 1720. The van der Waals surface area contributed by atoms with Crippen molar-refractivity contribution in [3.63, 3.8) is 0 Å². The lowest BCUT2D eigenvalue weighted by Crippen LogP contribution is -2.10. The number of aryl methyl sites for hydroxylation is 2. The summed E-state index contributed by atoms with van der Waals surface area (Å²) < 4.78 is 67.3. The molecule has 218 valence electrons. The van der Waals surface area contributed by atoms with Crippen LogP contribution in [0.5, 0.6) is 5.75 Å². The summed E-state index contributed by atoms with van der Waals surface area (Å²) in [5.74, 6) is 0.836. The highest BCUT2D eigenvalue weighted by molar-refractivity contribution is 7.92. The van der Waals surface area contributed by atoms with Gasteiger partial charge in [0.25, 0.3) is 10.1 Å². The van der Waals surface area contributed by atoms with E-state index in [0.29, 0.717) is 52.1 Å². The maximum atomic E-state index is 13.6. The minimum atomic E-state index is -3.83. The molecule has 0 bridgehead atoms. The number of unbranched alkanes of at least 4 members (excludes halogenated alkanes) is 1. The quantitative estimate of drug-likeness (QED) is 0.108. The summed E-state index contributed by atoms with van der Waals surface area (Å²) in [5.41, 5.74) is 2.63. The molecule has 0 saturated heterocycles. The molecule has 0 spiro atoms. The zero-order valence-electron chi connectivity index (χ0n) is 23.2. The number of benzene rings is 3. The van der Waals surface area contributed by atoms with E-state index >= 15 is 0 Å². The Labute approximate surface area is 240 Å². The van der Waals surface area contributed by atoms with Crippen LogP contribution in [0.25, 0.3) is 11.0 Å². The van der Waals surface area contributed by atoms with Crippen LogP contribution >= 0.6 is 0 Å². The van der Waals surface area contributed by atoms with Crippen LogP contribution < -0.4 is 9.46 Å². The average Bonchev–Trinajstić information content (AvgIpc) is 3.28. The van der Waals surface area contributed by atoms with Crippen LogP contribution in [0.15, 0.2) is 76.0 Å². The minimum Gasteiger partial charge on any atom is -0.494 e. The maximum Gasteiger partial charge on any atom is 0.296 e. The lowest BCUT2D eigenvalue weighted by Gasteiger charge is -2.09. The number of hydrogen-bond acceptors (Lipinski definition) is 8. The molecule has 0 aliphatic rings. The van der Waals surface area contributed by atoms with Crippen molar-refractivity contribution in [3.8, 4) is 5.75 Å². The van der Waals surface area contributed by atoms with Gasteiger partial charge >= 0.3 is 0 Å². The number of carbonyl (C=O) groups is 1. The normalized spacial score (nSPS) is 12.0. The molecule has 41 heavy (non-hydrogen) atoms. The van der Waals surface area contributed by atoms with Gasteiger partial charge in [-0.05, 0) is 67.9 Å².